The monoisotopic (exact) mass is 154 g/mol. The summed E-state index contributed by atoms with van der Waals surface area (Å²) in [4.78, 5) is 8.47. The lowest BCUT2D eigenvalue weighted by Gasteiger charge is -1.45. The molecule has 0 amide bonds. The summed E-state index contributed by atoms with van der Waals surface area (Å²) < 4.78 is 0. The molecule has 0 unspecified atom stereocenters. The van der Waals surface area contributed by atoms with Crippen molar-refractivity contribution in [2.45, 2.75) is 0 Å². The fraction of sp³-hybridized carbons (Fsp3) is 0. The van der Waals surface area contributed by atoms with E-state index in [1.54, 1.807) is 0 Å². The Morgan fingerprint density at radius 1 is 1.00 bits per heavy atom. The first-order valence-corrected chi connectivity index (χ1v) is 0.583. The van der Waals surface area contributed by atoms with Crippen LogP contribution in [0.5, 0.6) is 0 Å². The second-order valence-electron chi connectivity index (χ2n) is 0.253. The normalized spacial score (nSPS) is 3.43. The van der Waals surface area contributed by atoms with Gasteiger partial charge in [-0.3, -0.25) is 0 Å². The van der Waals surface area contributed by atoms with Gasteiger partial charge in [-0.1, -0.05) is 0 Å². The minimum absolute atomic E-state index is 0. The van der Waals surface area contributed by atoms with Gasteiger partial charge < -0.3 is 0 Å². The van der Waals surface area contributed by atoms with E-state index in [1.807, 2.05) is 0 Å². The molecule has 0 bridgehead atoms. The molecule has 0 aromatic heterocycles. The Bertz CT molecular complexity index is 33.2. The second kappa shape index (κ2) is 15.8. The van der Waals surface area contributed by atoms with Gasteiger partial charge >= 0.3 is 5.09 Å². The van der Waals surface area contributed by atoms with E-state index in [9.17, 15) is 0 Å². The summed E-state index contributed by atoms with van der Waals surface area (Å²) >= 11 is 0. The first-order chi connectivity index (χ1) is 1.73. The molecule has 0 aliphatic rings. The first-order valence-electron chi connectivity index (χ1n) is 0.583. The highest BCUT2D eigenvalue weighted by molar-refractivity contribution is 5.76. The number of nitrogens with zero attached hydrogens (tertiary/aromatic N) is 1. The van der Waals surface area contributed by atoms with Gasteiger partial charge in [0.05, 0.1) is 0 Å². The van der Waals surface area contributed by atoms with Gasteiger partial charge in [-0.25, -0.2) is 10.4 Å². The van der Waals surface area contributed by atoms with E-state index in [1.165, 1.54) is 0 Å². The van der Waals surface area contributed by atoms with Gasteiger partial charge in [0.1, 0.15) is 4.91 Å². The van der Waals surface area contributed by atoms with E-state index in [4.69, 9.17) is 15.3 Å². The topological polar surface area (TPSA) is 60.5 Å². The van der Waals surface area contributed by atoms with Crippen LogP contribution in [0.1, 0.15) is 0 Å². The maximum Gasteiger partial charge on any atom is 0.472 e. The zero-order valence-corrected chi connectivity index (χ0v) is 1.75. The Labute approximate surface area is 72.4 Å². The van der Waals surface area contributed by atoms with Gasteiger partial charge in [-0.15, -0.1) is 0 Å². The molecule has 7 heavy (non-hydrogen) atoms. The first kappa shape index (κ1) is 25.0. The molecule has 0 atom stereocenters. The molecule has 0 heterocycles. The van der Waals surface area contributed by atoms with Gasteiger partial charge in [-0.2, -0.15) is 0 Å². The van der Waals surface area contributed by atoms with Crippen molar-refractivity contribution in [2.75, 3.05) is 0 Å². The highest BCUT2D eigenvalue weighted by Crippen LogP contribution is 1.31. The minimum atomic E-state index is -1.25. The lowest BCUT2D eigenvalue weighted by Crippen LogP contribution is -1.87. The van der Waals surface area contributed by atoms with Crippen molar-refractivity contribution in [3.05, 3.63) is 4.91 Å². The second-order valence-corrected chi connectivity index (χ2v) is 0.253. The maximum atomic E-state index is 8.47. The molecule has 0 aromatic rings. The van der Waals surface area contributed by atoms with Crippen molar-refractivity contribution in [3.63, 3.8) is 0 Å². The van der Waals surface area contributed by atoms with Gasteiger partial charge in [0, 0.05) is 0 Å². The number of hydrogen-bond acceptors (Lipinski definition) is 1. The zero-order chi connectivity index (χ0) is 3.58. The number of rotatable bonds is 0. The van der Waals surface area contributed by atoms with Crippen LogP contribution in [-0.4, -0.2) is 67.6 Å². The molecule has 0 rings (SSSR count). The Balaban J connectivity index is -0.0000000150. The van der Waals surface area contributed by atoms with E-state index in [0.29, 0.717) is 0 Å². The molecule has 0 aliphatic carbocycles. The van der Waals surface area contributed by atoms with Crippen LogP contribution >= 0.6 is 0 Å². The van der Waals surface area contributed by atoms with Gasteiger partial charge in [-0.05, 0) is 0 Å². The fourth-order valence-corrected chi connectivity index (χ4v) is 0. The predicted octanol–water partition coefficient (Wildman–Crippen LogP) is -4.01. The Kier molecular flexibility index (Phi) is 56.5. The van der Waals surface area contributed by atoms with Gasteiger partial charge in [0.25, 0.3) is 0 Å². The van der Waals surface area contributed by atoms with Crippen LogP contribution in [-0.2, 0) is 0 Å². The molecule has 4 nitrogen and oxygen atoms in total. The molecule has 0 aromatic carbocycles. The van der Waals surface area contributed by atoms with Crippen molar-refractivity contribution < 1.29 is 15.5 Å². The molecule has 0 saturated heterocycles. The maximum absolute atomic E-state index is 8.47. The highest BCUT2D eigenvalue weighted by atomic mass is 27.0. The van der Waals surface area contributed by atoms with Crippen molar-refractivity contribution in [1.82, 2.24) is 0 Å². The molecule has 42 valence electrons. The average Bonchev–Trinajstić information content (AvgIpc) is 0.811. The molecule has 0 radical (unpaired) electrons. The van der Waals surface area contributed by atoms with Crippen LogP contribution in [0.4, 0.5) is 0 Å². The SMILES string of the molecule is O=[N+](O)O.[AlH3].[AlH3].[AlH3]. The van der Waals surface area contributed by atoms with Crippen molar-refractivity contribution in [3.8, 4) is 0 Å². The van der Waals surface area contributed by atoms with Crippen LogP contribution < -0.4 is 0 Å². The van der Waals surface area contributed by atoms with Crippen LogP contribution in [0.25, 0.3) is 0 Å². The van der Waals surface area contributed by atoms with E-state index in [2.05, 4.69) is 0 Å². The Morgan fingerprint density at radius 3 is 1.00 bits per heavy atom. The van der Waals surface area contributed by atoms with E-state index >= 15 is 0 Å². The Hall–Kier alpha value is 0.797. The molecule has 0 spiro atoms. The van der Waals surface area contributed by atoms with E-state index < -0.39 is 5.09 Å². The third-order valence-electron chi connectivity index (χ3n) is 0. The molecule has 0 saturated carbocycles. The summed E-state index contributed by atoms with van der Waals surface area (Å²) in [5, 5.41) is 12.5. The largest absolute Gasteiger partial charge is 0.472 e. The molecular formula is H11Al3NO3+. The quantitative estimate of drug-likeness (QED) is 0.276. The third-order valence-corrected chi connectivity index (χ3v) is 0. The van der Waals surface area contributed by atoms with Gasteiger partial charge in [0.15, 0.2) is 52.1 Å². The lowest BCUT2D eigenvalue weighted by molar-refractivity contribution is -0.969. The standard InChI is InChI=1S/3Al.H2NO3.9H/c;;;2-1(3)4;;;;;;;;;/h;;;(H2,2,3,4);;;;;;;;;/q;;;+1;;;;;;;;;. The average molecular weight is 154 g/mol. The fourth-order valence-electron chi connectivity index (χ4n) is 0. The molecule has 2 N–H and O–H groups in total. The minimum Gasteiger partial charge on any atom is -0.201 e. The summed E-state index contributed by atoms with van der Waals surface area (Å²) in [6, 6.07) is 0. The third kappa shape index (κ3) is 246. The molecule has 0 aliphatic heterocycles. The van der Waals surface area contributed by atoms with Crippen LogP contribution in [0.2, 0.25) is 0 Å². The summed E-state index contributed by atoms with van der Waals surface area (Å²) in [6.45, 7) is 0. The van der Waals surface area contributed by atoms with Crippen molar-refractivity contribution in [2.24, 2.45) is 0 Å². The molecule has 7 heteroatoms. The summed E-state index contributed by atoms with van der Waals surface area (Å²) in [5.41, 5.74) is 0. The molecular weight excluding hydrogens is 143 g/mol. The zero-order valence-electron chi connectivity index (χ0n) is 1.75. The lowest BCUT2D eigenvalue weighted by atomic mass is 13.1. The summed E-state index contributed by atoms with van der Waals surface area (Å²) in [7, 11) is 0. The van der Waals surface area contributed by atoms with Crippen LogP contribution in [0, 0.1) is 4.91 Å². The highest BCUT2D eigenvalue weighted by Gasteiger charge is 1.78. The smallest absolute Gasteiger partial charge is 0.201 e. The summed E-state index contributed by atoms with van der Waals surface area (Å²) in [5.74, 6) is 0. The van der Waals surface area contributed by atoms with Crippen LogP contribution in [0.15, 0.2) is 0 Å². The molecule has 0 fully saturated rings. The predicted molar refractivity (Wildman–Crippen MR) is 37.0 cm³/mol. The Morgan fingerprint density at radius 2 is 1.00 bits per heavy atom. The van der Waals surface area contributed by atoms with E-state index in [0.717, 1.165) is 0 Å². The summed E-state index contributed by atoms with van der Waals surface area (Å²) in [6.07, 6.45) is 0. The van der Waals surface area contributed by atoms with Gasteiger partial charge in [0.2, 0.25) is 0 Å². The van der Waals surface area contributed by atoms with Crippen molar-refractivity contribution >= 4 is 52.1 Å². The number of hydrogen-bond donors (Lipinski definition) is 2. The van der Waals surface area contributed by atoms with Crippen LogP contribution in [0.3, 0.4) is 0 Å². The van der Waals surface area contributed by atoms with E-state index in [-0.39, 0.29) is 52.1 Å². The van der Waals surface area contributed by atoms with Crippen molar-refractivity contribution in [1.29, 1.82) is 0 Å².